The molecule has 0 aliphatic heterocycles. The monoisotopic (exact) mass is 257 g/mol. The molecule has 0 radical (unpaired) electrons. The molecule has 0 aromatic carbocycles. The van der Waals surface area contributed by atoms with Crippen molar-refractivity contribution in [1.82, 2.24) is 9.97 Å². The molecule has 0 saturated heterocycles. The number of nitrogen functional groups attached to an aromatic ring is 1. The fraction of sp³-hybridized carbons (Fsp3) is 0.154. The van der Waals surface area contributed by atoms with E-state index in [1.807, 2.05) is 26.0 Å². The van der Waals surface area contributed by atoms with Crippen molar-refractivity contribution in [2.75, 3.05) is 10.7 Å². The van der Waals surface area contributed by atoms with Gasteiger partial charge in [-0.05, 0) is 38.1 Å². The molecule has 6 heteroatoms. The maximum Gasteiger partial charge on any atom is 0.255 e. The zero-order chi connectivity index (χ0) is 13.8. The van der Waals surface area contributed by atoms with Crippen LogP contribution in [-0.2, 0) is 0 Å². The molecule has 0 bridgehead atoms. The highest BCUT2D eigenvalue weighted by Crippen LogP contribution is 2.14. The summed E-state index contributed by atoms with van der Waals surface area (Å²) in [4.78, 5) is 20.3. The lowest BCUT2D eigenvalue weighted by molar-refractivity contribution is 0.102. The number of hydrogen-bond acceptors (Lipinski definition) is 5. The number of rotatable bonds is 3. The second-order valence-corrected chi connectivity index (χ2v) is 4.11. The minimum absolute atomic E-state index is 0.229. The summed E-state index contributed by atoms with van der Waals surface area (Å²) in [6.45, 7) is 3.75. The Morgan fingerprint density at radius 3 is 2.74 bits per heavy atom. The summed E-state index contributed by atoms with van der Waals surface area (Å²) in [7, 11) is 0. The number of nitrogens with two attached hydrogens (primary N) is 1. The van der Waals surface area contributed by atoms with Crippen LogP contribution in [0.1, 0.15) is 21.7 Å². The molecule has 4 N–H and O–H groups in total. The normalized spacial score (nSPS) is 10.1. The number of hydrazine groups is 1. The van der Waals surface area contributed by atoms with Crippen LogP contribution < -0.4 is 16.6 Å². The van der Waals surface area contributed by atoms with Crippen molar-refractivity contribution in [3.63, 3.8) is 0 Å². The highest BCUT2D eigenvalue weighted by molar-refractivity contribution is 6.04. The molecule has 0 aliphatic carbocycles. The van der Waals surface area contributed by atoms with Gasteiger partial charge in [0.15, 0.2) is 0 Å². The van der Waals surface area contributed by atoms with E-state index >= 15 is 0 Å². The average Bonchev–Trinajstić information content (AvgIpc) is 2.42. The van der Waals surface area contributed by atoms with Gasteiger partial charge in [-0.1, -0.05) is 0 Å². The summed E-state index contributed by atoms with van der Waals surface area (Å²) in [5, 5.41) is 2.81. The van der Waals surface area contributed by atoms with Gasteiger partial charge in [-0.2, -0.15) is 0 Å². The third-order valence-electron chi connectivity index (χ3n) is 2.64. The minimum Gasteiger partial charge on any atom is -0.320 e. The minimum atomic E-state index is -0.229. The predicted molar refractivity (Wildman–Crippen MR) is 73.7 cm³/mol. The predicted octanol–water partition coefficient (Wildman–Crippen LogP) is 1.63. The summed E-state index contributed by atoms with van der Waals surface area (Å²) in [5.74, 6) is 5.47. The van der Waals surface area contributed by atoms with E-state index in [0.29, 0.717) is 17.1 Å². The van der Waals surface area contributed by atoms with Crippen molar-refractivity contribution in [3.8, 4) is 0 Å². The largest absolute Gasteiger partial charge is 0.320 e. The molecule has 19 heavy (non-hydrogen) atoms. The molecule has 2 aromatic rings. The first kappa shape index (κ1) is 13.0. The highest BCUT2D eigenvalue weighted by atomic mass is 16.1. The molecule has 2 rings (SSSR count). The molecule has 98 valence electrons. The molecule has 0 unspecified atom stereocenters. The summed E-state index contributed by atoms with van der Waals surface area (Å²) >= 11 is 0. The number of amides is 1. The first-order valence-electron chi connectivity index (χ1n) is 5.78. The zero-order valence-corrected chi connectivity index (χ0v) is 10.8. The van der Waals surface area contributed by atoms with Gasteiger partial charge in [-0.3, -0.25) is 9.78 Å². The highest BCUT2D eigenvalue weighted by Gasteiger charge is 2.09. The molecule has 1 amide bonds. The van der Waals surface area contributed by atoms with Crippen molar-refractivity contribution in [1.29, 1.82) is 0 Å². The maximum absolute atomic E-state index is 12.1. The van der Waals surface area contributed by atoms with Gasteiger partial charge in [0.1, 0.15) is 5.82 Å². The molecule has 2 aromatic heterocycles. The third kappa shape index (κ3) is 3.05. The Labute approximate surface area is 111 Å². The van der Waals surface area contributed by atoms with E-state index in [-0.39, 0.29) is 5.91 Å². The van der Waals surface area contributed by atoms with Gasteiger partial charge in [0.05, 0.1) is 11.4 Å². The van der Waals surface area contributed by atoms with E-state index in [9.17, 15) is 4.79 Å². The second kappa shape index (κ2) is 5.45. The molecule has 0 saturated carbocycles. The van der Waals surface area contributed by atoms with Crippen molar-refractivity contribution >= 4 is 17.4 Å². The quantitative estimate of drug-likeness (QED) is 0.574. The van der Waals surface area contributed by atoms with Gasteiger partial charge < -0.3 is 10.7 Å². The zero-order valence-electron chi connectivity index (χ0n) is 10.8. The van der Waals surface area contributed by atoms with E-state index in [1.165, 1.54) is 6.20 Å². The lowest BCUT2D eigenvalue weighted by Crippen LogP contribution is -2.15. The van der Waals surface area contributed by atoms with Crippen LogP contribution in [0.2, 0.25) is 0 Å². The Kier molecular flexibility index (Phi) is 3.72. The number of nitrogens with zero attached hydrogens (tertiary/aromatic N) is 2. The first-order chi connectivity index (χ1) is 9.10. The summed E-state index contributed by atoms with van der Waals surface area (Å²) in [5.41, 5.74) is 5.25. The van der Waals surface area contributed by atoms with Gasteiger partial charge in [-0.15, -0.1) is 0 Å². The molecular formula is C13H15N5O. The number of nitrogens with one attached hydrogen (secondary N) is 2. The van der Waals surface area contributed by atoms with Crippen molar-refractivity contribution in [2.45, 2.75) is 13.8 Å². The van der Waals surface area contributed by atoms with E-state index < -0.39 is 0 Å². The third-order valence-corrected chi connectivity index (χ3v) is 2.64. The van der Waals surface area contributed by atoms with Crippen LogP contribution in [0.4, 0.5) is 11.5 Å². The number of hydrogen-bond donors (Lipinski definition) is 3. The molecule has 0 aliphatic rings. The molecule has 0 fully saturated rings. The van der Waals surface area contributed by atoms with Crippen LogP contribution in [0.5, 0.6) is 0 Å². The summed E-state index contributed by atoms with van der Waals surface area (Å²) in [6, 6.07) is 6.88. The van der Waals surface area contributed by atoms with Gasteiger partial charge >= 0.3 is 0 Å². The van der Waals surface area contributed by atoms with Crippen molar-refractivity contribution in [2.24, 2.45) is 5.84 Å². The van der Waals surface area contributed by atoms with Crippen LogP contribution in [0.15, 0.2) is 30.5 Å². The second-order valence-electron chi connectivity index (χ2n) is 4.11. The summed E-state index contributed by atoms with van der Waals surface area (Å²) in [6.07, 6.45) is 1.52. The van der Waals surface area contributed by atoms with E-state index in [2.05, 4.69) is 20.7 Å². The lowest BCUT2D eigenvalue weighted by Gasteiger charge is -2.09. The first-order valence-corrected chi connectivity index (χ1v) is 5.78. The number of pyridine rings is 2. The van der Waals surface area contributed by atoms with E-state index in [1.54, 1.807) is 12.1 Å². The van der Waals surface area contributed by atoms with Crippen molar-refractivity contribution in [3.05, 3.63) is 47.4 Å². The van der Waals surface area contributed by atoms with Crippen LogP contribution in [0, 0.1) is 13.8 Å². The van der Waals surface area contributed by atoms with E-state index in [4.69, 9.17) is 5.84 Å². The Morgan fingerprint density at radius 1 is 1.26 bits per heavy atom. The van der Waals surface area contributed by atoms with Crippen LogP contribution >= 0.6 is 0 Å². The maximum atomic E-state index is 12.1. The summed E-state index contributed by atoms with van der Waals surface area (Å²) < 4.78 is 0. The SMILES string of the molecule is Cc1ccc(NC(=O)c2ccnc(NN)c2)c(C)n1. The van der Waals surface area contributed by atoms with E-state index in [0.717, 1.165) is 11.4 Å². The number of aromatic nitrogens is 2. The van der Waals surface area contributed by atoms with Crippen LogP contribution in [0.25, 0.3) is 0 Å². The Morgan fingerprint density at radius 2 is 2.05 bits per heavy atom. The topological polar surface area (TPSA) is 92.9 Å². The smallest absolute Gasteiger partial charge is 0.255 e. The number of anilines is 2. The Bertz CT molecular complexity index is 612. The fourth-order valence-corrected chi connectivity index (χ4v) is 1.66. The van der Waals surface area contributed by atoms with Crippen molar-refractivity contribution < 1.29 is 4.79 Å². The number of carbonyl (C=O) groups excluding carboxylic acids is 1. The van der Waals surface area contributed by atoms with Gasteiger partial charge in [-0.25, -0.2) is 10.8 Å². The standard InChI is InChI=1S/C13H15N5O/c1-8-3-4-11(9(2)16-8)17-13(19)10-5-6-15-12(7-10)18-14/h3-7H,14H2,1-2H3,(H,15,18)(H,17,19). The van der Waals surface area contributed by atoms with Gasteiger partial charge in [0.25, 0.3) is 5.91 Å². The van der Waals surface area contributed by atoms with Crippen LogP contribution in [0.3, 0.4) is 0 Å². The molecule has 0 spiro atoms. The Hall–Kier alpha value is -2.47. The van der Waals surface area contributed by atoms with Crippen LogP contribution in [-0.4, -0.2) is 15.9 Å². The molecule has 0 atom stereocenters. The van der Waals surface area contributed by atoms with Gasteiger partial charge in [0, 0.05) is 17.5 Å². The number of aryl methyl sites for hydroxylation is 2. The molecule has 6 nitrogen and oxygen atoms in total. The lowest BCUT2D eigenvalue weighted by atomic mass is 10.2. The number of carbonyl (C=O) groups is 1. The fourth-order valence-electron chi connectivity index (χ4n) is 1.66. The molecule has 2 heterocycles. The van der Waals surface area contributed by atoms with Gasteiger partial charge in [0.2, 0.25) is 0 Å². The Balaban J connectivity index is 2.20. The molecular weight excluding hydrogens is 242 g/mol. The average molecular weight is 257 g/mol.